The third kappa shape index (κ3) is 5.99. The molecule has 0 aliphatic rings. The zero-order valence-corrected chi connectivity index (χ0v) is 18.7. The minimum Gasteiger partial charge on any atom is -0.351 e. The minimum absolute atomic E-state index is 0.220. The van der Waals surface area contributed by atoms with Crippen LogP contribution in [0, 0.1) is 20.8 Å². The molecule has 1 heterocycles. The minimum atomic E-state index is -3.91. The molecule has 0 bridgehead atoms. The molecule has 0 saturated heterocycles. The van der Waals surface area contributed by atoms with Gasteiger partial charge in [-0.3, -0.25) is 9.78 Å². The van der Waals surface area contributed by atoms with Gasteiger partial charge in [-0.2, -0.15) is 4.72 Å². The van der Waals surface area contributed by atoms with Crippen LogP contribution in [0.25, 0.3) is 0 Å². The van der Waals surface area contributed by atoms with Gasteiger partial charge >= 0.3 is 0 Å². The first-order valence-electron chi connectivity index (χ1n) is 10.1. The summed E-state index contributed by atoms with van der Waals surface area (Å²) in [5, 5.41) is 2.84. The molecule has 0 aliphatic carbocycles. The summed E-state index contributed by atoms with van der Waals surface area (Å²) < 4.78 is 29.2. The number of carbonyl (C=O) groups excluding carboxylic acids is 1. The van der Waals surface area contributed by atoms with E-state index >= 15 is 0 Å². The molecule has 3 aromatic rings. The van der Waals surface area contributed by atoms with Crippen LogP contribution in [0.15, 0.2) is 71.9 Å². The average Bonchev–Trinajstić information content (AvgIpc) is 2.72. The molecule has 1 aromatic heterocycles. The molecule has 2 aromatic carbocycles. The van der Waals surface area contributed by atoms with Gasteiger partial charge in [-0.05, 0) is 61.6 Å². The number of sulfonamides is 1. The lowest BCUT2D eigenvalue weighted by molar-refractivity contribution is -0.122. The molecule has 0 unspecified atom stereocenters. The number of hydrogen-bond donors (Lipinski definition) is 2. The Balaban J connectivity index is 1.86. The number of rotatable bonds is 8. The topological polar surface area (TPSA) is 88.2 Å². The lowest BCUT2D eigenvalue weighted by atomic mass is 10.1. The third-order valence-electron chi connectivity index (χ3n) is 4.99. The van der Waals surface area contributed by atoms with Crippen LogP contribution in [-0.2, 0) is 27.8 Å². The second kappa shape index (κ2) is 9.85. The molecule has 0 spiro atoms. The van der Waals surface area contributed by atoms with Crippen molar-refractivity contribution in [2.45, 2.75) is 44.7 Å². The standard InChI is InChI=1S/C24H27N3O3S/c1-17-13-18(2)23(19(3)14-17)31(29,30)27-22(15-20-7-5-4-6-8-20)24(28)26-16-21-9-11-25-12-10-21/h4-14,22,27H,15-16H2,1-3H3,(H,26,28)/t22-/m0/s1. The van der Waals surface area contributed by atoms with Crippen LogP contribution in [0.4, 0.5) is 0 Å². The number of amides is 1. The van der Waals surface area contributed by atoms with Crippen molar-refractivity contribution in [1.29, 1.82) is 0 Å². The van der Waals surface area contributed by atoms with Gasteiger partial charge in [-0.1, -0.05) is 48.0 Å². The van der Waals surface area contributed by atoms with Crippen molar-refractivity contribution in [1.82, 2.24) is 15.0 Å². The summed E-state index contributed by atoms with van der Waals surface area (Å²) in [6.45, 7) is 5.75. The molecule has 31 heavy (non-hydrogen) atoms. The van der Waals surface area contributed by atoms with Crippen molar-refractivity contribution in [2.24, 2.45) is 0 Å². The zero-order valence-electron chi connectivity index (χ0n) is 17.9. The van der Waals surface area contributed by atoms with Crippen LogP contribution in [-0.4, -0.2) is 25.4 Å². The van der Waals surface area contributed by atoms with E-state index in [4.69, 9.17) is 0 Å². The van der Waals surface area contributed by atoms with E-state index in [2.05, 4.69) is 15.0 Å². The molecule has 7 heteroatoms. The Morgan fingerprint density at radius 3 is 2.16 bits per heavy atom. The molecule has 2 N–H and O–H groups in total. The Morgan fingerprint density at radius 2 is 1.55 bits per heavy atom. The Morgan fingerprint density at radius 1 is 0.935 bits per heavy atom. The van der Waals surface area contributed by atoms with Gasteiger partial charge in [0, 0.05) is 18.9 Å². The van der Waals surface area contributed by atoms with Gasteiger partial charge in [0.05, 0.1) is 4.90 Å². The van der Waals surface area contributed by atoms with E-state index in [1.165, 1.54) is 0 Å². The number of hydrogen-bond acceptors (Lipinski definition) is 4. The summed E-state index contributed by atoms with van der Waals surface area (Å²) in [7, 11) is -3.91. The number of benzene rings is 2. The molecule has 1 atom stereocenters. The van der Waals surface area contributed by atoms with Crippen LogP contribution < -0.4 is 10.0 Å². The lowest BCUT2D eigenvalue weighted by Gasteiger charge is -2.20. The van der Waals surface area contributed by atoms with Crippen molar-refractivity contribution < 1.29 is 13.2 Å². The lowest BCUT2D eigenvalue weighted by Crippen LogP contribution is -2.48. The fraction of sp³-hybridized carbons (Fsp3) is 0.250. The summed E-state index contributed by atoms with van der Waals surface area (Å²) >= 11 is 0. The number of aryl methyl sites for hydroxylation is 3. The monoisotopic (exact) mass is 437 g/mol. The van der Waals surface area contributed by atoms with Gasteiger partial charge in [0.2, 0.25) is 15.9 Å². The Hall–Kier alpha value is -3.03. The predicted molar refractivity (Wildman–Crippen MR) is 121 cm³/mol. The van der Waals surface area contributed by atoms with E-state index in [-0.39, 0.29) is 23.8 Å². The first-order chi connectivity index (χ1) is 14.8. The summed E-state index contributed by atoms with van der Waals surface area (Å²) in [4.78, 5) is 17.2. The van der Waals surface area contributed by atoms with E-state index in [0.29, 0.717) is 11.1 Å². The van der Waals surface area contributed by atoms with Crippen molar-refractivity contribution in [2.75, 3.05) is 0 Å². The fourth-order valence-corrected chi connectivity index (χ4v) is 5.34. The highest BCUT2D eigenvalue weighted by Crippen LogP contribution is 2.22. The highest BCUT2D eigenvalue weighted by atomic mass is 32.2. The van der Waals surface area contributed by atoms with Gasteiger partial charge in [0.1, 0.15) is 6.04 Å². The van der Waals surface area contributed by atoms with Crippen molar-refractivity contribution in [3.63, 3.8) is 0 Å². The molecule has 0 radical (unpaired) electrons. The summed E-state index contributed by atoms with van der Waals surface area (Å²) in [5.41, 5.74) is 4.05. The van der Waals surface area contributed by atoms with Crippen molar-refractivity contribution in [3.05, 3.63) is 94.8 Å². The number of nitrogens with one attached hydrogen (secondary N) is 2. The summed E-state index contributed by atoms with van der Waals surface area (Å²) in [5.74, 6) is -0.383. The quantitative estimate of drug-likeness (QED) is 0.566. The Kier molecular flexibility index (Phi) is 7.20. The van der Waals surface area contributed by atoms with Gasteiger partial charge in [-0.15, -0.1) is 0 Å². The molecular weight excluding hydrogens is 410 g/mol. The molecule has 3 rings (SSSR count). The normalized spacial score (nSPS) is 12.4. The second-order valence-electron chi connectivity index (χ2n) is 7.66. The van der Waals surface area contributed by atoms with Gasteiger partial charge in [0.15, 0.2) is 0 Å². The highest BCUT2D eigenvalue weighted by Gasteiger charge is 2.28. The van der Waals surface area contributed by atoms with E-state index in [1.54, 1.807) is 38.4 Å². The largest absolute Gasteiger partial charge is 0.351 e. The summed E-state index contributed by atoms with van der Waals surface area (Å²) in [6, 6.07) is 15.7. The maximum Gasteiger partial charge on any atom is 0.241 e. The highest BCUT2D eigenvalue weighted by molar-refractivity contribution is 7.89. The van der Waals surface area contributed by atoms with E-state index in [0.717, 1.165) is 16.7 Å². The zero-order chi connectivity index (χ0) is 22.4. The Labute approximate surface area is 183 Å². The first-order valence-corrected chi connectivity index (χ1v) is 11.6. The Bertz CT molecular complexity index is 1120. The molecule has 162 valence electrons. The maximum atomic E-state index is 13.3. The van der Waals surface area contributed by atoms with Crippen LogP contribution in [0.2, 0.25) is 0 Å². The van der Waals surface area contributed by atoms with Crippen molar-refractivity contribution >= 4 is 15.9 Å². The van der Waals surface area contributed by atoms with Gasteiger partial charge in [0.25, 0.3) is 0 Å². The number of pyridine rings is 1. The van der Waals surface area contributed by atoms with Crippen LogP contribution >= 0.6 is 0 Å². The number of aromatic nitrogens is 1. The van der Waals surface area contributed by atoms with E-state index in [1.807, 2.05) is 49.4 Å². The van der Waals surface area contributed by atoms with Gasteiger partial charge < -0.3 is 5.32 Å². The average molecular weight is 438 g/mol. The van der Waals surface area contributed by atoms with E-state index < -0.39 is 16.1 Å². The smallest absolute Gasteiger partial charge is 0.241 e. The molecule has 6 nitrogen and oxygen atoms in total. The van der Waals surface area contributed by atoms with E-state index in [9.17, 15) is 13.2 Å². The second-order valence-corrected chi connectivity index (χ2v) is 9.32. The molecule has 0 aliphatic heterocycles. The summed E-state index contributed by atoms with van der Waals surface area (Å²) in [6.07, 6.45) is 3.54. The molecule has 0 fully saturated rings. The predicted octanol–water partition coefficient (Wildman–Crippen LogP) is 3.21. The molecular formula is C24H27N3O3S. The van der Waals surface area contributed by atoms with Crippen LogP contribution in [0.5, 0.6) is 0 Å². The number of carbonyl (C=O) groups is 1. The van der Waals surface area contributed by atoms with Crippen LogP contribution in [0.1, 0.15) is 27.8 Å². The maximum absolute atomic E-state index is 13.3. The first kappa shape index (κ1) is 22.7. The van der Waals surface area contributed by atoms with Gasteiger partial charge in [-0.25, -0.2) is 8.42 Å². The van der Waals surface area contributed by atoms with Crippen molar-refractivity contribution in [3.8, 4) is 0 Å². The third-order valence-corrected chi connectivity index (χ3v) is 6.76. The molecule has 1 amide bonds. The number of nitrogens with zero attached hydrogens (tertiary/aromatic N) is 1. The van der Waals surface area contributed by atoms with Crippen LogP contribution in [0.3, 0.4) is 0 Å². The fourth-order valence-electron chi connectivity index (χ4n) is 3.69. The SMILES string of the molecule is Cc1cc(C)c(S(=O)(=O)N[C@@H](Cc2ccccc2)C(=O)NCc2ccncc2)c(C)c1. The molecule has 0 saturated carbocycles.